The van der Waals surface area contributed by atoms with Crippen LogP contribution in [0.25, 0.3) is 0 Å². The van der Waals surface area contributed by atoms with Gasteiger partial charge in [0.25, 0.3) is 5.91 Å². The molecule has 0 heterocycles. The summed E-state index contributed by atoms with van der Waals surface area (Å²) in [6.07, 6.45) is -0.865. The molecule has 0 bridgehead atoms. The molecule has 0 radical (unpaired) electrons. The minimum atomic E-state index is -0.947. The minimum Gasteiger partial charge on any atom is -0.481 e. The molecule has 0 spiro atoms. The molecule has 2 aromatic carbocycles. The fourth-order valence-electron chi connectivity index (χ4n) is 2.54. The molecule has 0 aliphatic rings. The molecule has 0 fully saturated rings. The number of para-hydroxylation sites is 1. The first kappa shape index (κ1) is 19.5. The van der Waals surface area contributed by atoms with Crippen molar-refractivity contribution >= 4 is 17.6 Å². The van der Waals surface area contributed by atoms with Crippen molar-refractivity contribution in [3.8, 4) is 5.75 Å². The number of carbonyl (C=O) groups is 2. The zero-order chi connectivity index (χ0) is 19.3. The Kier molecular flexibility index (Phi) is 6.39. The SMILES string of the molecule is Cc1ccc(C(C)C)cc1OC(C)C(=O)Nc1ccccc1CC(=O)O. The number of hydrogen-bond donors (Lipinski definition) is 2. The zero-order valence-corrected chi connectivity index (χ0v) is 15.6. The van der Waals surface area contributed by atoms with E-state index in [9.17, 15) is 9.59 Å². The van der Waals surface area contributed by atoms with Gasteiger partial charge in [0.2, 0.25) is 0 Å². The average molecular weight is 355 g/mol. The largest absolute Gasteiger partial charge is 0.481 e. The van der Waals surface area contributed by atoms with E-state index in [4.69, 9.17) is 9.84 Å². The number of anilines is 1. The predicted molar refractivity (Wildman–Crippen MR) is 102 cm³/mol. The van der Waals surface area contributed by atoms with E-state index >= 15 is 0 Å². The highest BCUT2D eigenvalue weighted by molar-refractivity contribution is 5.95. The fourth-order valence-corrected chi connectivity index (χ4v) is 2.54. The molecule has 1 unspecified atom stereocenters. The maximum atomic E-state index is 12.5. The fraction of sp³-hybridized carbons (Fsp3) is 0.333. The van der Waals surface area contributed by atoms with Crippen LogP contribution in [-0.4, -0.2) is 23.1 Å². The second-order valence-electron chi connectivity index (χ2n) is 6.66. The average Bonchev–Trinajstić information content (AvgIpc) is 2.57. The van der Waals surface area contributed by atoms with E-state index in [0.29, 0.717) is 22.9 Å². The van der Waals surface area contributed by atoms with Crippen molar-refractivity contribution in [2.45, 2.75) is 46.1 Å². The highest BCUT2D eigenvalue weighted by atomic mass is 16.5. The van der Waals surface area contributed by atoms with Gasteiger partial charge < -0.3 is 15.2 Å². The normalized spacial score (nSPS) is 11.9. The first-order valence-electron chi connectivity index (χ1n) is 8.65. The molecule has 2 N–H and O–H groups in total. The summed E-state index contributed by atoms with van der Waals surface area (Å²) in [5, 5.41) is 11.8. The molecule has 0 aliphatic carbocycles. The first-order valence-corrected chi connectivity index (χ1v) is 8.65. The summed E-state index contributed by atoms with van der Waals surface area (Å²) in [4.78, 5) is 23.5. The van der Waals surface area contributed by atoms with Crippen LogP contribution in [0.15, 0.2) is 42.5 Å². The number of aryl methyl sites for hydroxylation is 1. The van der Waals surface area contributed by atoms with Crippen molar-refractivity contribution in [3.05, 3.63) is 59.2 Å². The maximum Gasteiger partial charge on any atom is 0.307 e. The second kappa shape index (κ2) is 8.52. The van der Waals surface area contributed by atoms with Crippen LogP contribution in [0.2, 0.25) is 0 Å². The number of hydrogen-bond acceptors (Lipinski definition) is 3. The smallest absolute Gasteiger partial charge is 0.307 e. The highest BCUT2D eigenvalue weighted by Gasteiger charge is 2.18. The predicted octanol–water partition coefficient (Wildman–Crippen LogP) is 4.15. The lowest BCUT2D eigenvalue weighted by atomic mass is 10.0. The molecule has 1 atom stereocenters. The molecule has 5 heteroatoms. The van der Waals surface area contributed by atoms with Crippen LogP contribution >= 0.6 is 0 Å². The Morgan fingerprint density at radius 3 is 2.46 bits per heavy atom. The third-order valence-electron chi connectivity index (χ3n) is 4.17. The topological polar surface area (TPSA) is 75.6 Å². The van der Waals surface area contributed by atoms with Gasteiger partial charge in [-0.25, -0.2) is 0 Å². The number of carboxylic acid groups (broad SMARTS) is 1. The molecule has 0 saturated heterocycles. The standard InChI is InChI=1S/C21H25NO4/c1-13(2)16-10-9-14(3)19(11-16)26-15(4)21(25)22-18-8-6-5-7-17(18)12-20(23)24/h5-11,13,15H,12H2,1-4H3,(H,22,25)(H,23,24). The van der Waals surface area contributed by atoms with Crippen molar-refractivity contribution in [3.63, 3.8) is 0 Å². The molecule has 0 saturated carbocycles. The number of rotatable bonds is 7. The van der Waals surface area contributed by atoms with Gasteiger partial charge in [-0.3, -0.25) is 9.59 Å². The van der Waals surface area contributed by atoms with Crippen LogP contribution < -0.4 is 10.1 Å². The molecule has 138 valence electrons. The van der Waals surface area contributed by atoms with E-state index in [1.807, 2.05) is 19.1 Å². The van der Waals surface area contributed by atoms with Gasteiger partial charge in [0.1, 0.15) is 5.75 Å². The number of amides is 1. The molecule has 2 rings (SSSR count). The van der Waals surface area contributed by atoms with Crippen LogP contribution in [-0.2, 0) is 16.0 Å². The Hall–Kier alpha value is -2.82. The van der Waals surface area contributed by atoms with Crippen LogP contribution in [0.1, 0.15) is 43.4 Å². The number of carboxylic acids is 1. The molecule has 2 aromatic rings. The van der Waals surface area contributed by atoms with Gasteiger partial charge in [-0.1, -0.05) is 44.2 Å². The first-order chi connectivity index (χ1) is 12.3. The van der Waals surface area contributed by atoms with Crippen molar-refractivity contribution in [2.24, 2.45) is 0 Å². The molecule has 26 heavy (non-hydrogen) atoms. The van der Waals surface area contributed by atoms with E-state index in [0.717, 1.165) is 11.1 Å². The van der Waals surface area contributed by atoms with E-state index in [2.05, 4.69) is 25.2 Å². The van der Waals surface area contributed by atoms with Gasteiger partial charge in [0.05, 0.1) is 6.42 Å². The summed E-state index contributed by atoms with van der Waals surface area (Å²) >= 11 is 0. The van der Waals surface area contributed by atoms with Crippen molar-refractivity contribution in [2.75, 3.05) is 5.32 Å². The van der Waals surface area contributed by atoms with Gasteiger partial charge in [0, 0.05) is 5.69 Å². The molecular formula is C21H25NO4. The molecule has 0 aromatic heterocycles. The number of benzene rings is 2. The Morgan fingerprint density at radius 1 is 1.12 bits per heavy atom. The molecular weight excluding hydrogens is 330 g/mol. The third-order valence-corrected chi connectivity index (χ3v) is 4.17. The molecule has 1 amide bonds. The summed E-state index contributed by atoms with van der Waals surface area (Å²) in [6.45, 7) is 7.82. The minimum absolute atomic E-state index is 0.152. The van der Waals surface area contributed by atoms with Crippen molar-refractivity contribution in [1.29, 1.82) is 0 Å². The maximum absolute atomic E-state index is 12.5. The van der Waals surface area contributed by atoms with Gasteiger partial charge in [-0.05, 0) is 48.6 Å². The summed E-state index contributed by atoms with van der Waals surface area (Å²) in [5.41, 5.74) is 3.15. The van der Waals surface area contributed by atoms with Crippen LogP contribution in [0, 0.1) is 6.92 Å². The monoisotopic (exact) mass is 355 g/mol. The Balaban J connectivity index is 2.12. The van der Waals surface area contributed by atoms with E-state index in [1.165, 1.54) is 0 Å². The van der Waals surface area contributed by atoms with Gasteiger partial charge >= 0.3 is 5.97 Å². The third kappa shape index (κ3) is 5.09. The van der Waals surface area contributed by atoms with Crippen LogP contribution in [0.3, 0.4) is 0 Å². The quantitative estimate of drug-likeness (QED) is 0.782. The highest BCUT2D eigenvalue weighted by Crippen LogP contribution is 2.25. The van der Waals surface area contributed by atoms with E-state index < -0.39 is 12.1 Å². The molecule has 5 nitrogen and oxygen atoms in total. The summed E-state index contributed by atoms with van der Waals surface area (Å²) in [5.74, 6) is -0.225. The number of nitrogens with one attached hydrogen (secondary N) is 1. The van der Waals surface area contributed by atoms with Gasteiger partial charge in [-0.15, -0.1) is 0 Å². The van der Waals surface area contributed by atoms with Crippen molar-refractivity contribution in [1.82, 2.24) is 0 Å². The van der Waals surface area contributed by atoms with Gasteiger partial charge in [-0.2, -0.15) is 0 Å². The Morgan fingerprint density at radius 2 is 1.81 bits per heavy atom. The van der Waals surface area contributed by atoms with Gasteiger partial charge in [0.15, 0.2) is 6.10 Å². The second-order valence-corrected chi connectivity index (χ2v) is 6.66. The van der Waals surface area contributed by atoms with E-state index in [1.54, 1.807) is 31.2 Å². The summed E-state index contributed by atoms with van der Waals surface area (Å²) < 4.78 is 5.86. The lowest BCUT2D eigenvalue weighted by Crippen LogP contribution is -2.30. The summed E-state index contributed by atoms with van der Waals surface area (Å²) in [7, 11) is 0. The molecule has 0 aliphatic heterocycles. The number of aliphatic carboxylic acids is 1. The van der Waals surface area contributed by atoms with Crippen LogP contribution in [0.5, 0.6) is 5.75 Å². The lowest BCUT2D eigenvalue weighted by molar-refractivity contribution is -0.136. The lowest BCUT2D eigenvalue weighted by Gasteiger charge is -2.18. The zero-order valence-electron chi connectivity index (χ0n) is 15.6. The van der Waals surface area contributed by atoms with E-state index in [-0.39, 0.29) is 12.3 Å². The Labute approximate surface area is 154 Å². The van der Waals surface area contributed by atoms with Crippen molar-refractivity contribution < 1.29 is 19.4 Å². The van der Waals surface area contributed by atoms with Crippen LogP contribution in [0.4, 0.5) is 5.69 Å². The number of ether oxygens (including phenoxy) is 1. The summed E-state index contributed by atoms with van der Waals surface area (Å²) in [6, 6.07) is 12.9. The number of carbonyl (C=O) groups excluding carboxylic acids is 1. The Bertz CT molecular complexity index is 798.